The molecular formula is C12H10N2O3. The van der Waals surface area contributed by atoms with Crippen molar-refractivity contribution in [1.82, 2.24) is 5.32 Å². The third-order valence-corrected chi connectivity index (χ3v) is 2.37. The van der Waals surface area contributed by atoms with Crippen LogP contribution in [0.1, 0.15) is 10.4 Å². The zero-order chi connectivity index (χ0) is 12.4. The third-order valence-electron chi connectivity index (χ3n) is 2.37. The SMILES string of the molecule is NC(=O)NC(=O)c1c(O)ccc2ccccc12. The summed E-state index contributed by atoms with van der Waals surface area (Å²) in [7, 11) is 0. The number of phenols is 1. The first-order chi connectivity index (χ1) is 8.09. The highest BCUT2D eigenvalue weighted by Gasteiger charge is 2.16. The molecule has 0 unspecified atom stereocenters. The Bertz CT molecular complexity index is 608. The van der Waals surface area contributed by atoms with E-state index in [0.29, 0.717) is 5.39 Å². The average molecular weight is 230 g/mol. The van der Waals surface area contributed by atoms with Crippen molar-refractivity contribution in [2.75, 3.05) is 0 Å². The second kappa shape index (κ2) is 4.13. The number of rotatable bonds is 1. The number of carbonyl (C=O) groups excluding carboxylic acids is 2. The third kappa shape index (κ3) is 2.03. The molecule has 2 aromatic rings. The Hall–Kier alpha value is -2.56. The van der Waals surface area contributed by atoms with E-state index in [-0.39, 0.29) is 11.3 Å². The zero-order valence-corrected chi connectivity index (χ0v) is 8.81. The molecule has 3 amide bonds. The molecule has 0 aliphatic rings. The Labute approximate surface area is 96.8 Å². The molecule has 0 aliphatic heterocycles. The minimum atomic E-state index is -0.956. The number of hydrogen-bond donors (Lipinski definition) is 3. The molecule has 0 saturated heterocycles. The summed E-state index contributed by atoms with van der Waals surface area (Å²) in [4.78, 5) is 22.4. The van der Waals surface area contributed by atoms with E-state index in [1.165, 1.54) is 6.07 Å². The van der Waals surface area contributed by atoms with Gasteiger partial charge in [0, 0.05) is 0 Å². The Morgan fingerprint density at radius 1 is 1.12 bits per heavy atom. The highest BCUT2D eigenvalue weighted by Crippen LogP contribution is 2.26. The van der Waals surface area contributed by atoms with E-state index in [9.17, 15) is 14.7 Å². The largest absolute Gasteiger partial charge is 0.507 e. The maximum Gasteiger partial charge on any atom is 0.319 e. The van der Waals surface area contributed by atoms with E-state index in [1.807, 2.05) is 11.4 Å². The predicted octanol–water partition coefficient (Wildman–Crippen LogP) is 1.35. The number of amides is 3. The predicted molar refractivity (Wildman–Crippen MR) is 62.7 cm³/mol. The van der Waals surface area contributed by atoms with E-state index in [0.717, 1.165) is 5.39 Å². The topological polar surface area (TPSA) is 92.4 Å². The van der Waals surface area contributed by atoms with E-state index in [4.69, 9.17) is 5.73 Å². The normalized spacial score (nSPS) is 10.1. The summed E-state index contributed by atoms with van der Waals surface area (Å²) in [6, 6.07) is 9.17. The summed E-state index contributed by atoms with van der Waals surface area (Å²) in [6.45, 7) is 0. The highest BCUT2D eigenvalue weighted by molar-refractivity contribution is 6.13. The van der Waals surface area contributed by atoms with Crippen LogP contribution in [0, 0.1) is 0 Å². The quantitative estimate of drug-likeness (QED) is 0.690. The molecule has 86 valence electrons. The fraction of sp³-hybridized carbons (Fsp3) is 0. The van der Waals surface area contributed by atoms with Crippen LogP contribution in [0.5, 0.6) is 5.75 Å². The maximum absolute atomic E-state index is 11.7. The van der Waals surface area contributed by atoms with E-state index >= 15 is 0 Å². The molecule has 0 spiro atoms. The van der Waals surface area contributed by atoms with Gasteiger partial charge in [0.15, 0.2) is 0 Å². The van der Waals surface area contributed by atoms with Crippen LogP contribution in [-0.2, 0) is 0 Å². The number of phenolic OH excluding ortho intramolecular Hbond substituents is 1. The summed E-state index contributed by atoms with van der Waals surface area (Å²) in [5.74, 6) is -0.908. The second-order valence-corrected chi connectivity index (χ2v) is 3.50. The second-order valence-electron chi connectivity index (χ2n) is 3.50. The molecule has 5 heteroatoms. The molecule has 0 heterocycles. The highest BCUT2D eigenvalue weighted by atomic mass is 16.3. The lowest BCUT2D eigenvalue weighted by Crippen LogP contribution is -2.35. The fourth-order valence-corrected chi connectivity index (χ4v) is 1.67. The van der Waals surface area contributed by atoms with Gasteiger partial charge < -0.3 is 10.8 Å². The van der Waals surface area contributed by atoms with Crippen LogP contribution in [0.2, 0.25) is 0 Å². The summed E-state index contributed by atoms with van der Waals surface area (Å²) < 4.78 is 0. The molecule has 0 fully saturated rings. The molecule has 5 nitrogen and oxygen atoms in total. The van der Waals surface area contributed by atoms with Gasteiger partial charge in [-0.3, -0.25) is 10.1 Å². The van der Waals surface area contributed by atoms with Gasteiger partial charge in [-0.05, 0) is 16.8 Å². The van der Waals surface area contributed by atoms with Gasteiger partial charge in [-0.1, -0.05) is 30.3 Å². The number of nitrogens with two attached hydrogens (primary N) is 1. The zero-order valence-electron chi connectivity index (χ0n) is 8.81. The number of aromatic hydroxyl groups is 1. The molecule has 0 aromatic heterocycles. The Kier molecular flexibility index (Phi) is 2.66. The van der Waals surface area contributed by atoms with Crippen LogP contribution in [0.4, 0.5) is 4.79 Å². The van der Waals surface area contributed by atoms with Crippen molar-refractivity contribution in [2.45, 2.75) is 0 Å². The first-order valence-corrected chi connectivity index (χ1v) is 4.91. The lowest BCUT2D eigenvalue weighted by Gasteiger charge is -2.07. The van der Waals surface area contributed by atoms with E-state index < -0.39 is 11.9 Å². The molecule has 4 N–H and O–H groups in total. The number of carbonyl (C=O) groups is 2. The first-order valence-electron chi connectivity index (χ1n) is 4.91. The standard InChI is InChI=1S/C12H10N2O3/c13-12(17)14-11(16)10-8-4-2-1-3-7(8)5-6-9(10)15/h1-6,15H,(H3,13,14,16,17). The minimum Gasteiger partial charge on any atom is -0.507 e. The van der Waals surface area contributed by atoms with Crippen LogP contribution in [0.15, 0.2) is 36.4 Å². The van der Waals surface area contributed by atoms with Crippen LogP contribution in [0.3, 0.4) is 0 Å². The average Bonchev–Trinajstić information content (AvgIpc) is 2.27. The molecule has 2 rings (SSSR count). The number of urea groups is 1. The molecule has 17 heavy (non-hydrogen) atoms. The molecule has 0 bridgehead atoms. The van der Waals surface area contributed by atoms with Crippen molar-refractivity contribution in [3.8, 4) is 5.75 Å². The van der Waals surface area contributed by atoms with Crippen molar-refractivity contribution >= 4 is 22.7 Å². The molecule has 0 aliphatic carbocycles. The van der Waals surface area contributed by atoms with E-state index in [2.05, 4.69) is 0 Å². The lowest BCUT2D eigenvalue weighted by atomic mass is 10.0. The van der Waals surface area contributed by atoms with Crippen molar-refractivity contribution in [3.05, 3.63) is 42.0 Å². The Morgan fingerprint density at radius 3 is 2.53 bits per heavy atom. The van der Waals surface area contributed by atoms with Crippen LogP contribution >= 0.6 is 0 Å². The maximum atomic E-state index is 11.7. The first kappa shape index (κ1) is 10.9. The number of benzene rings is 2. The van der Waals surface area contributed by atoms with Gasteiger partial charge in [0.05, 0.1) is 5.56 Å². The lowest BCUT2D eigenvalue weighted by molar-refractivity contribution is 0.0965. The number of nitrogens with one attached hydrogen (secondary N) is 1. The van der Waals surface area contributed by atoms with Crippen molar-refractivity contribution < 1.29 is 14.7 Å². The van der Waals surface area contributed by atoms with Gasteiger partial charge in [-0.2, -0.15) is 0 Å². The van der Waals surface area contributed by atoms with Gasteiger partial charge in [0.25, 0.3) is 5.91 Å². The van der Waals surface area contributed by atoms with Crippen molar-refractivity contribution in [1.29, 1.82) is 0 Å². The molecule has 0 atom stereocenters. The van der Waals surface area contributed by atoms with Crippen molar-refractivity contribution in [2.24, 2.45) is 5.73 Å². The number of imide groups is 1. The Morgan fingerprint density at radius 2 is 1.82 bits per heavy atom. The number of primary amides is 1. The molecular weight excluding hydrogens is 220 g/mol. The molecule has 0 radical (unpaired) electrons. The Balaban J connectivity index is 2.62. The fourth-order valence-electron chi connectivity index (χ4n) is 1.67. The summed E-state index contributed by atoms with van der Waals surface area (Å²) in [5.41, 5.74) is 4.92. The number of fused-ring (bicyclic) bond motifs is 1. The van der Waals surface area contributed by atoms with Gasteiger partial charge >= 0.3 is 6.03 Å². The van der Waals surface area contributed by atoms with Gasteiger partial charge in [0.2, 0.25) is 0 Å². The van der Waals surface area contributed by atoms with Crippen LogP contribution in [0.25, 0.3) is 10.8 Å². The van der Waals surface area contributed by atoms with E-state index in [1.54, 1.807) is 24.3 Å². The molecule has 0 saturated carbocycles. The van der Waals surface area contributed by atoms with Gasteiger partial charge in [-0.25, -0.2) is 4.79 Å². The van der Waals surface area contributed by atoms with Crippen LogP contribution in [-0.4, -0.2) is 17.0 Å². The smallest absolute Gasteiger partial charge is 0.319 e. The monoisotopic (exact) mass is 230 g/mol. The summed E-state index contributed by atoms with van der Waals surface area (Å²) in [6.07, 6.45) is 0. The van der Waals surface area contributed by atoms with Gasteiger partial charge in [0.1, 0.15) is 5.75 Å². The minimum absolute atomic E-state index is 0.0434. The molecule has 2 aromatic carbocycles. The van der Waals surface area contributed by atoms with Crippen molar-refractivity contribution in [3.63, 3.8) is 0 Å². The van der Waals surface area contributed by atoms with Crippen LogP contribution < -0.4 is 11.1 Å². The van der Waals surface area contributed by atoms with Gasteiger partial charge in [-0.15, -0.1) is 0 Å². The summed E-state index contributed by atoms with van der Waals surface area (Å²) >= 11 is 0. The summed E-state index contributed by atoms with van der Waals surface area (Å²) in [5, 5.41) is 13.0. The number of hydrogen-bond acceptors (Lipinski definition) is 3.